The molecule has 0 aromatic heterocycles. The Morgan fingerprint density at radius 3 is 1.32 bits per heavy atom. The van der Waals surface area contributed by atoms with E-state index >= 15 is 0 Å². The average molecular weight is 359 g/mol. The minimum Gasteiger partial charge on any atom is -0.395 e. The Labute approximate surface area is 144 Å². The maximum atomic E-state index is 8.73. The summed E-state index contributed by atoms with van der Waals surface area (Å²) in [7, 11) is 0. The fraction of sp³-hybridized carbons (Fsp3) is 0.833. The molecule has 0 amide bonds. The zero-order chi connectivity index (χ0) is 15.8. The number of hydrogen-bond donors (Lipinski definition) is 6. The van der Waals surface area contributed by atoms with E-state index in [1.807, 2.05) is 0 Å². The molecule has 0 heterocycles. The molecule has 0 aliphatic heterocycles. The molecule has 0 aliphatic rings. The van der Waals surface area contributed by atoms with Crippen LogP contribution in [-0.4, -0.2) is 59.3 Å². The van der Waals surface area contributed by atoms with E-state index in [0.717, 1.165) is 0 Å². The molecule has 0 saturated carbocycles. The summed E-state index contributed by atoms with van der Waals surface area (Å²) in [4.78, 5) is 0. The lowest BCUT2D eigenvalue weighted by Crippen LogP contribution is -2.43. The maximum Gasteiger partial charge on any atom is 0.132 e. The first-order valence-corrected chi connectivity index (χ1v) is 6.49. The number of amidine groups is 2. The molecule has 22 heavy (non-hydrogen) atoms. The molecule has 0 bridgehead atoms. The van der Waals surface area contributed by atoms with Gasteiger partial charge in [-0.2, -0.15) is 10.2 Å². The monoisotopic (exact) mass is 358 g/mol. The van der Waals surface area contributed by atoms with Crippen molar-refractivity contribution in [1.29, 1.82) is 10.8 Å². The van der Waals surface area contributed by atoms with Crippen molar-refractivity contribution < 1.29 is 10.2 Å². The van der Waals surface area contributed by atoms with Gasteiger partial charge in [0.25, 0.3) is 0 Å². The van der Waals surface area contributed by atoms with Crippen LogP contribution in [0.5, 0.6) is 0 Å². The number of halogens is 2. The quantitative estimate of drug-likeness (QED) is 0.218. The zero-order valence-corrected chi connectivity index (χ0v) is 15.1. The lowest BCUT2D eigenvalue weighted by Gasteiger charge is -2.25. The van der Waals surface area contributed by atoms with Crippen LogP contribution in [0.25, 0.3) is 0 Å². The second-order valence-corrected chi connectivity index (χ2v) is 5.37. The van der Waals surface area contributed by atoms with Crippen LogP contribution in [0.2, 0.25) is 0 Å². The number of rotatable bonds is 8. The molecule has 0 aromatic carbocycles. The van der Waals surface area contributed by atoms with Crippen LogP contribution in [0.3, 0.4) is 0 Å². The van der Waals surface area contributed by atoms with Gasteiger partial charge in [-0.1, -0.05) is 0 Å². The molecule has 0 radical (unpaired) electrons. The Bertz CT molecular complexity index is 341. The van der Waals surface area contributed by atoms with Gasteiger partial charge in [-0.15, -0.1) is 24.8 Å². The summed E-state index contributed by atoms with van der Waals surface area (Å²) in [6, 6.07) is 0. The van der Waals surface area contributed by atoms with Gasteiger partial charge in [0.15, 0.2) is 0 Å². The van der Waals surface area contributed by atoms with E-state index in [4.69, 9.17) is 21.0 Å². The molecule has 0 fully saturated rings. The van der Waals surface area contributed by atoms with E-state index in [9.17, 15) is 0 Å². The van der Waals surface area contributed by atoms with Crippen molar-refractivity contribution in [2.24, 2.45) is 10.2 Å². The zero-order valence-electron chi connectivity index (χ0n) is 13.4. The second kappa shape index (κ2) is 11.6. The van der Waals surface area contributed by atoms with Gasteiger partial charge in [-0.05, 0) is 27.7 Å². The van der Waals surface area contributed by atoms with Crippen molar-refractivity contribution in [2.75, 3.05) is 26.3 Å². The largest absolute Gasteiger partial charge is 0.395 e. The predicted molar refractivity (Wildman–Crippen MR) is 93.1 cm³/mol. The lowest BCUT2D eigenvalue weighted by molar-refractivity contribution is 0.298. The highest BCUT2D eigenvalue weighted by atomic mass is 35.5. The van der Waals surface area contributed by atoms with Crippen LogP contribution in [0.1, 0.15) is 27.7 Å². The van der Waals surface area contributed by atoms with Crippen LogP contribution in [0.4, 0.5) is 0 Å². The highest BCUT2D eigenvalue weighted by molar-refractivity contribution is 5.89. The predicted octanol–water partition coefficient (Wildman–Crippen LogP) is 0.958. The Hall–Kier alpha value is -0.960. The minimum atomic E-state index is -0.857. The van der Waals surface area contributed by atoms with Gasteiger partial charge in [0.05, 0.1) is 13.2 Å². The molecule has 0 unspecified atom stereocenters. The van der Waals surface area contributed by atoms with Crippen molar-refractivity contribution in [3.63, 3.8) is 0 Å². The highest BCUT2D eigenvalue weighted by Crippen LogP contribution is 2.16. The number of aliphatic hydroxyl groups excluding tert-OH is 2. The first kappa shape index (κ1) is 26.0. The normalized spacial score (nSPS) is 11.4. The number of nitrogens with one attached hydrogen (secondary N) is 4. The van der Waals surface area contributed by atoms with Crippen molar-refractivity contribution in [1.82, 2.24) is 10.6 Å². The van der Waals surface area contributed by atoms with Crippen LogP contribution >= 0.6 is 24.8 Å². The summed E-state index contributed by atoms with van der Waals surface area (Å²) in [6.45, 7) is 7.36. The number of hydrogen-bond acceptors (Lipinski definition) is 6. The molecule has 6 N–H and O–H groups in total. The third kappa shape index (κ3) is 9.14. The van der Waals surface area contributed by atoms with E-state index in [-0.39, 0.29) is 62.8 Å². The van der Waals surface area contributed by atoms with Gasteiger partial charge in [0, 0.05) is 13.1 Å². The van der Waals surface area contributed by atoms with Crippen LogP contribution in [-0.2, 0) is 0 Å². The van der Waals surface area contributed by atoms with E-state index in [0.29, 0.717) is 0 Å². The van der Waals surface area contributed by atoms with Crippen LogP contribution in [0.15, 0.2) is 10.2 Å². The van der Waals surface area contributed by atoms with Gasteiger partial charge >= 0.3 is 0 Å². The molecule has 0 atom stereocenters. The Kier molecular flexibility index (Phi) is 13.7. The summed E-state index contributed by atoms with van der Waals surface area (Å²) >= 11 is 0. The smallest absolute Gasteiger partial charge is 0.132 e. The van der Waals surface area contributed by atoms with Gasteiger partial charge in [0.2, 0.25) is 0 Å². The summed E-state index contributed by atoms with van der Waals surface area (Å²) in [5, 5.41) is 46.9. The third-order valence-corrected chi connectivity index (χ3v) is 2.60. The van der Waals surface area contributed by atoms with Gasteiger partial charge in [-0.3, -0.25) is 10.8 Å². The molecular formula is C12H28Cl2N6O2. The molecule has 0 aromatic rings. The van der Waals surface area contributed by atoms with E-state index in [1.165, 1.54) is 0 Å². The van der Waals surface area contributed by atoms with Crippen LogP contribution < -0.4 is 10.6 Å². The molecule has 0 aliphatic carbocycles. The van der Waals surface area contributed by atoms with Crippen molar-refractivity contribution in [3.05, 3.63) is 0 Å². The minimum absolute atomic E-state index is 0. The third-order valence-electron chi connectivity index (χ3n) is 2.60. The number of nitrogens with zero attached hydrogens (tertiary/aromatic N) is 2. The van der Waals surface area contributed by atoms with E-state index < -0.39 is 11.1 Å². The topological polar surface area (TPSA) is 137 Å². The van der Waals surface area contributed by atoms with Gasteiger partial charge in [0.1, 0.15) is 22.7 Å². The highest BCUT2D eigenvalue weighted by Gasteiger charge is 2.28. The van der Waals surface area contributed by atoms with Crippen LogP contribution in [0, 0.1) is 10.8 Å². The Morgan fingerprint density at radius 1 is 0.818 bits per heavy atom. The number of aliphatic hydroxyl groups is 2. The number of azo groups is 1. The summed E-state index contributed by atoms with van der Waals surface area (Å²) in [5.41, 5.74) is -1.71. The average Bonchev–Trinajstić information content (AvgIpc) is 2.39. The first-order valence-electron chi connectivity index (χ1n) is 6.49. The maximum absolute atomic E-state index is 8.73. The van der Waals surface area contributed by atoms with E-state index in [2.05, 4.69) is 20.9 Å². The fourth-order valence-electron chi connectivity index (χ4n) is 1.14. The van der Waals surface area contributed by atoms with Crippen molar-refractivity contribution in [2.45, 2.75) is 38.8 Å². The van der Waals surface area contributed by atoms with Gasteiger partial charge in [-0.25, -0.2) is 0 Å². The van der Waals surface area contributed by atoms with Crippen molar-refractivity contribution >= 4 is 36.5 Å². The summed E-state index contributed by atoms with van der Waals surface area (Å²) in [6.07, 6.45) is 0. The van der Waals surface area contributed by atoms with E-state index in [1.54, 1.807) is 27.7 Å². The van der Waals surface area contributed by atoms with Gasteiger partial charge < -0.3 is 20.8 Å². The first-order chi connectivity index (χ1) is 9.17. The summed E-state index contributed by atoms with van der Waals surface area (Å²) in [5.74, 6) is 0.307. The lowest BCUT2D eigenvalue weighted by atomic mass is 10.0. The molecule has 0 spiro atoms. The molecule has 132 valence electrons. The van der Waals surface area contributed by atoms with Crippen molar-refractivity contribution in [3.8, 4) is 0 Å². The standard InChI is InChI=1S/C12H26N6O2.2ClH/c1-11(2,9(13)15-5-7-19)17-18-12(3,4)10(14)16-6-8-20;;/h19-20H,5-8H2,1-4H3,(H2,13,15)(H2,14,16);2*1H. The summed E-state index contributed by atoms with van der Waals surface area (Å²) < 4.78 is 0. The molecule has 8 nitrogen and oxygen atoms in total. The molecule has 0 saturated heterocycles. The molecule has 0 rings (SSSR count). The Balaban J connectivity index is -0.00000180. The fourth-order valence-corrected chi connectivity index (χ4v) is 1.14. The molecular weight excluding hydrogens is 331 g/mol. The Morgan fingerprint density at radius 2 is 1.09 bits per heavy atom. The SMILES string of the molecule is CC(C)(N=NC(C)(C)C(=N)NCCO)C(=N)NCCO.Cl.Cl. The molecule has 10 heteroatoms. The second-order valence-electron chi connectivity index (χ2n) is 5.37.